The molecule has 1 aromatic carbocycles. The van der Waals surface area contributed by atoms with Crippen LogP contribution in [0.1, 0.15) is 12.0 Å². The number of nitro groups is 1. The lowest BCUT2D eigenvalue weighted by molar-refractivity contribution is -0.385. The highest BCUT2D eigenvalue weighted by molar-refractivity contribution is 5.77. The number of nitrogens with zero attached hydrogens (tertiary/aromatic N) is 2. The highest BCUT2D eigenvalue weighted by Gasteiger charge is 2.16. The maximum absolute atomic E-state index is 12.0. The molecule has 0 unspecified atom stereocenters. The van der Waals surface area contributed by atoms with Gasteiger partial charge < -0.3 is 15.0 Å². The van der Waals surface area contributed by atoms with Crippen LogP contribution >= 0.6 is 0 Å². The van der Waals surface area contributed by atoms with E-state index >= 15 is 0 Å². The summed E-state index contributed by atoms with van der Waals surface area (Å²) in [4.78, 5) is 24.1. The van der Waals surface area contributed by atoms with E-state index in [0.717, 1.165) is 26.1 Å². The molecule has 0 saturated carbocycles. The molecule has 1 heterocycles. The molecule has 0 spiro atoms. The van der Waals surface area contributed by atoms with Gasteiger partial charge in [0.2, 0.25) is 0 Å². The maximum atomic E-state index is 12.0. The standard InChI is InChI=1S/C14H19N3O4/c1-11-9-12(3-4-13(11)17(19)20)21-10-14(18)16-7-2-5-15-6-8-16/h3-4,9,15H,2,5-8,10H2,1H3. The number of hydrogen-bond acceptors (Lipinski definition) is 5. The SMILES string of the molecule is Cc1cc(OCC(=O)N2CCCNCC2)ccc1[N+](=O)[O-]. The summed E-state index contributed by atoms with van der Waals surface area (Å²) in [7, 11) is 0. The van der Waals surface area contributed by atoms with Crippen molar-refractivity contribution >= 4 is 11.6 Å². The van der Waals surface area contributed by atoms with Crippen molar-refractivity contribution in [2.75, 3.05) is 32.8 Å². The third-order valence-electron chi connectivity index (χ3n) is 3.42. The van der Waals surface area contributed by atoms with Crippen LogP contribution in [0.15, 0.2) is 18.2 Å². The average molecular weight is 293 g/mol. The van der Waals surface area contributed by atoms with Crippen LogP contribution in [0.2, 0.25) is 0 Å². The minimum atomic E-state index is -0.436. The zero-order valence-corrected chi connectivity index (χ0v) is 12.0. The second-order valence-corrected chi connectivity index (χ2v) is 4.98. The van der Waals surface area contributed by atoms with E-state index in [-0.39, 0.29) is 18.2 Å². The fraction of sp³-hybridized carbons (Fsp3) is 0.500. The minimum absolute atomic E-state index is 0.0444. The van der Waals surface area contributed by atoms with Crippen LogP contribution in [-0.2, 0) is 4.79 Å². The van der Waals surface area contributed by atoms with Crippen molar-refractivity contribution in [1.82, 2.24) is 10.2 Å². The van der Waals surface area contributed by atoms with E-state index in [1.807, 2.05) is 0 Å². The third-order valence-corrected chi connectivity index (χ3v) is 3.42. The highest BCUT2D eigenvalue weighted by Crippen LogP contribution is 2.23. The molecule has 1 fully saturated rings. The molecule has 0 atom stereocenters. The van der Waals surface area contributed by atoms with Gasteiger partial charge in [0.15, 0.2) is 6.61 Å². The quantitative estimate of drug-likeness (QED) is 0.664. The molecule has 7 nitrogen and oxygen atoms in total. The monoisotopic (exact) mass is 293 g/mol. The average Bonchev–Trinajstić information content (AvgIpc) is 2.73. The van der Waals surface area contributed by atoms with Crippen LogP contribution < -0.4 is 10.1 Å². The molecule has 0 aromatic heterocycles. The van der Waals surface area contributed by atoms with Crippen LogP contribution in [0.25, 0.3) is 0 Å². The Morgan fingerprint density at radius 1 is 1.43 bits per heavy atom. The number of hydrogen-bond donors (Lipinski definition) is 1. The second kappa shape index (κ2) is 7.03. The molecule has 114 valence electrons. The van der Waals surface area contributed by atoms with Crippen molar-refractivity contribution in [3.63, 3.8) is 0 Å². The lowest BCUT2D eigenvalue weighted by Gasteiger charge is -2.20. The van der Waals surface area contributed by atoms with Crippen molar-refractivity contribution in [3.05, 3.63) is 33.9 Å². The van der Waals surface area contributed by atoms with E-state index in [0.29, 0.717) is 17.9 Å². The molecule has 1 aliphatic rings. The Morgan fingerprint density at radius 3 is 2.95 bits per heavy atom. The van der Waals surface area contributed by atoms with E-state index in [4.69, 9.17) is 4.74 Å². The first-order valence-corrected chi connectivity index (χ1v) is 6.94. The molecule has 0 aliphatic carbocycles. The summed E-state index contributed by atoms with van der Waals surface area (Å²) in [6.07, 6.45) is 0.933. The van der Waals surface area contributed by atoms with Gasteiger partial charge in [0.1, 0.15) is 5.75 Å². The number of nitro benzene ring substituents is 1. The first-order chi connectivity index (χ1) is 10.1. The normalized spacial score (nSPS) is 15.4. The van der Waals surface area contributed by atoms with Crippen LogP contribution in [0, 0.1) is 17.0 Å². The molecule has 2 rings (SSSR count). The summed E-state index contributed by atoms with van der Waals surface area (Å²) in [6.45, 7) is 4.73. The first-order valence-electron chi connectivity index (χ1n) is 6.94. The summed E-state index contributed by atoms with van der Waals surface area (Å²) >= 11 is 0. The second-order valence-electron chi connectivity index (χ2n) is 4.98. The smallest absolute Gasteiger partial charge is 0.272 e. The Hall–Kier alpha value is -2.15. The third kappa shape index (κ3) is 4.16. The fourth-order valence-corrected chi connectivity index (χ4v) is 2.25. The Morgan fingerprint density at radius 2 is 2.24 bits per heavy atom. The number of carbonyl (C=O) groups is 1. The van der Waals surface area contributed by atoms with Gasteiger partial charge in [-0.2, -0.15) is 0 Å². The van der Waals surface area contributed by atoms with Crippen molar-refractivity contribution in [3.8, 4) is 5.75 Å². The van der Waals surface area contributed by atoms with Gasteiger partial charge in [0.05, 0.1) is 4.92 Å². The highest BCUT2D eigenvalue weighted by atomic mass is 16.6. The molecule has 1 amide bonds. The molecule has 1 aliphatic heterocycles. The van der Waals surface area contributed by atoms with Gasteiger partial charge in [-0.1, -0.05) is 0 Å². The number of amides is 1. The summed E-state index contributed by atoms with van der Waals surface area (Å²) in [5.74, 6) is 0.411. The Labute approximate surface area is 123 Å². The van der Waals surface area contributed by atoms with E-state index in [2.05, 4.69) is 5.32 Å². The Kier molecular flexibility index (Phi) is 5.10. The zero-order chi connectivity index (χ0) is 15.2. The molecular formula is C14H19N3O4. The number of nitrogens with one attached hydrogen (secondary N) is 1. The number of ether oxygens (including phenoxy) is 1. The van der Waals surface area contributed by atoms with Gasteiger partial charge in [-0.05, 0) is 32.0 Å². The van der Waals surface area contributed by atoms with E-state index in [1.54, 1.807) is 17.9 Å². The van der Waals surface area contributed by atoms with Gasteiger partial charge >= 0.3 is 0 Å². The van der Waals surface area contributed by atoms with Gasteiger partial charge in [0, 0.05) is 31.3 Å². The Balaban J connectivity index is 1.91. The number of carbonyl (C=O) groups excluding carboxylic acids is 1. The first kappa shape index (κ1) is 15.2. The molecular weight excluding hydrogens is 274 g/mol. The predicted molar refractivity (Wildman–Crippen MR) is 77.4 cm³/mol. The zero-order valence-electron chi connectivity index (χ0n) is 12.0. The minimum Gasteiger partial charge on any atom is -0.484 e. The molecule has 1 N–H and O–H groups in total. The lowest BCUT2D eigenvalue weighted by Crippen LogP contribution is -2.37. The van der Waals surface area contributed by atoms with Gasteiger partial charge in [-0.15, -0.1) is 0 Å². The molecule has 1 aromatic rings. The van der Waals surface area contributed by atoms with Crippen molar-refractivity contribution in [2.24, 2.45) is 0 Å². The predicted octanol–water partition coefficient (Wildman–Crippen LogP) is 1.10. The van der Waals surface area contributed by atoms with E-state index < -0.39 is 4.92 Å². The molecule has 0 radical (unpaired) electrons. The number of aryl methyl sites for hydroxylation is 1. The molecule has 7 heteroatoms. The van der Waals surface area contributed by atoms with Crippen molar-refractivity contribution in [2.45, 2.75) is 13.3 Å². The van der Waals surface area contributed by atoms with Gasteiger partial charge in [0.25, 0.3) is 11.6 Å². The topological polar surface area (TPSA) is 84.7 Å². The van der Waals surface area contributed by atoms with Crippen LogP contribution in [0.5, 0.6) is 5.75 Å². The number of rotatable bonds is 4. The summed E-state index contributed by atoms with van der Waals surface area (Å²) in [5, 5.41) is 14.0. The van der Waals surface area contributed by atoms with Gasteiger partial charge in [-0.25, -0.2) is 0 Å². The van der Waals surface area contributed by atoms with Crippen molar-refractivity contribution in [1.29, 1.82) is 0 Å². The summed E-state index contributed by atoms with van der Waals surface area (Å²) < 4.78 is 5.44. The summed E-state index contributed by atoms with van der Waals surface area (Å²) in [6, 6.07) is 4.49. The number of benzene rings is 1. The van der Waals surface area contributed by atoms with Gasteiger partial charge in [-0.3, -0.25) is 14.9 Å². The molecule has 1 saturated heterocycles. The van der Waals surface area contributed by atoms with Crippen LogP contribution in [0.4, 0.5) is 5.69 Å². The molecule has 21 heavy (non-hydrogen) atoms. The Bertz CT molecular complexity index is 525. The largest absolute Gasteiger partial charge is 0.484 e. The maximum Gasteiger partial charge on any atom is 0.272 e. The van der Waals surface area contributed by atoms with E-state index in [9.17, 15) is 14.9 Å². The van der Waals surface area contributed by atoms with Crippen molar-refractivity contribution < 1.29 is 14.5 Å². The molecule has 0 bridgehead atoms. The van der Waals surface area contributed by atoms with Crippen LogP contribution in [0.3, 0.4) is 0 Å². The van der Waals surface area contributed by atoms with Crippen LogP contribution in [-0.4, -0.2) is 48.5 Å². The van der Waals surface area contributed by atoms with E-state index in [1.165, 1.54) is 12.1 Å². The summed E-state index contributed by atoms with van der Waals surface area (Å²) in [5.41, 5.74) is 0.566. The fourth-order valence-electron chi connectivity index (χ4n) is 2.25. The lowest BCUT2D eigenvalue weighted by atomic mass is 10.2.